The number of benzene rings is 1. The van der Waals surface area contributed by atoms with Crippen molar-refractivity contribution in [3.63, 3.8) is 0 Å². The maximum atomic E-state index is 12.1. The quantitative estimate of drug-likeness (QED) is 0.904. The van der Waals surface area contributed by atoms with E-state index in [0.717, 1.165) is 6.07 Å². The minimum absolute atomic E-state index is 0.139. The lowest BCUT2D eigenvalue weighted by Gasteiger charge is -2.11. The molecule has 6 heteroatoms. The first-order valence-corrected chi connectivity index (χ1v) is 5.87. The van der Waals surface area contributed by atoms with E-state index in [1.165, 1.54) is 12.1 Å². The van der Waals surface area contributed by atoms with Crippen molar-refractivity contribution in [3.8, 4) is 22.8 Å². The zero-order valence-electron chi connectivity index (χ0n) is 10.7. The number of phenolic OH excluding ortho intramolecular Hbond substituents is 1. The minimum Gasteiger partial charge on any atom is -0.507 e. The lowest BCUT2D eigenvalue weighted by Crippen LogP contribution is -2.02. The van der Waals surface area contributed by atoms with Crippen molar-refractivity contribution in [2.24, 2.45) is 0 Å². The van der Waals surface area contributed by atoms with E-state index in [9.17, 15) is 19.0 Å². The van der Waals surface area contributed by atoms with E-state index < -0.39 is 6.61 Å². The second-order valence-electron chi connectivity index (χ2n) is 4.18. The fourth-order valence-corrected chi connectivity index (χ4v) is 1.83. The van der Waals surface area contributed by atoms with Crippen molar-refractivity contribution >= 4 is 0 Å². The van der Waals surface area contributed by atoms with Gasteiger partial charge in [0.05, 0.1) is 12.3 Å². The highest BCUT2D eigenvalue weighted by atomic mass is 19.3. The molecule has 0 aliphatic rings. The van der Waals surface area contributed by atoms with Crippen LogP contribution in [0, 0.1) is 6.92 Å². The number of hydrogen-bond donors (Lipinski definition) is 2. The number of pyridine rings is 1. The van der Waals surface area contributed by atoms with E-state index in [1.54, 1.807) is 19.1 Å². The lowest BCUT2D eigenvalue weighted by molar-refractivity contribution is -0.0499. The molecule has 2 aromatic rings. The van der Waals surface area contributed by atoms with Gasteiger partial charge in [0.15, 0.2) is 0 Å². The first-order chi connectivity index (χ1) is 9.51. The second-order valence-corrected chi connectivity index (χ2v) is 4.18. The number of aliphatic hydroxyl groups is 1. The molecule has 2 rings (SSSR count). The van der Waals surface area contributed by atoms with Gasteiger partial charge in [0.1, 0.15) is 11.5 Å². The predicted molar refractivity (Wildman–Crippen MR) is 68.6 cm³/mol. The van der Waals surface area contributed by atoms with Gasteiger partial charge in [0, 0.05) is 22.9 Å². The third kappa shape index (κ3) is 3.03. The van der Waals surface area contributed by atoms with Crippen LogP contribution in [-0.2, 0) is 6.61 Å². The predicted octanol–water partition coefficient (Wildman–Crippen LogP) is 2.86. The topological polar surface area (TPSA) is 62.6 Å². The van der Waals surface area contributed by atoms with Crippen LogP contribution < -0.4 is 4.74 Å². The van der Waals surface area contributed by atoms with Crippen LogP contribution >= 0.6 is 0 Å². The summed E-state index contributed by atoms with van der Waals surface area (Å²) in [5.74, 6) is -0.379. The van der Waals surface area contributed by atoms with Crippen molar-refractivity contribution in [1.82, 2.24) is 4.98 Å². The van der Waals surface area contributed by atoms with Gasteiger partial charge in [-0.15, -0.1) is 0 Å². The van der Waals surface area contributed by atoms with E-state index in [0.29, 0.717) is 22.5 Å². The fourth-order valence-electron chi connectivity index (χ4n) is 1.83. The molecular weight excluding hydrogens is 268 g/mol. The first kappa shape index (κ1) is 14.2. The lowest BCUT2D eigenvalue weighted by atomic mass is 10.0. The summed E-state index contributed by atoms with van der Waals surface area (Å²) < 4.78 is 28.4. The van der Waals surface area contributed by atoms with Gasteiger partial charge in [-0.1, -0.05) is 6.07 Å². The SMILES string of the molecule is Cc1ccc(CO)c(-c2ccc(OC(F)F)cc2O)n1. The zero-order valence-corrected chi connectivity index (χ0v) is 10.7. The Balaban J connectivity index is 2.45. The largest absolute Gasteiger partial charge is 0.507 e. The molecule has 20 heavy (non-hydrogen) atoms. The Morgan fingerprint density at radius 1 is 1.25 bits per heavy atom. The van der Waals surface area contributed by atoms with Crippen LogP contribution in [0.5, 0.6) is 11.5 Å². The third-order valence-electron chi connectivity index (χ3n) is 2.74. The maximum absolute atomic E-state index is 12.1. The molecule has 0 spiro atoms. The number of rotatable bonds is 4. The van der Waals surface area contributed by atoms with Gasteiger partial charge < -0.3 is 14.9 Å². The number of aromatic hydroxyl groups is 1. The van der Waals surface area contributed by atoms with Crippen molar-refractivity contribution in [1.29, 1.82) is 0 Å². The van der Waals surface area contributed by atoms with Crippen LogP contribution in [0.3, 0.4) is 0 Å². The molecule has 0 saturated carbocycles. The molecule has 0 fully saturated rings. The fraction of sp³-hybridized carbons (Fsp3) is 0.214. The summed E-state index contributed by atoms with van der Waals surface area (Å²) in [5.41, 5.74) is 2.01. The standard InChI is InChI=1S/C14H13F2NO3/c1-8-2-3-9(7-18)13(17-8)11-5-4-10(6-12(11)19)20-14(15)16/h2-6,14,18-19H,7H2,1H3. The van der Waals surface area contributed by atoms with Gasteiger partial charge >= 0.3 is 6.61 Å². The Kier molecular flexibility index (Phi) is 4.14. The molecule has 1 heterocycles. The van der Waals surface area contributed by atoms with Crippen molar-refractivity contribution in [2.45, 2.75) is 20.1 Å². The molecule has 2 N–H and O–H groups in total. The molecule has 106 valence electrons. The maximum Gasteiger partial charge on any atom is 0.387 e. The van der Waals surface area contributed by atoms with E-state index in [4.69, 9.17) is 0 Å². The average molecular weight is 281 g/mol. The van der Waals surface area contributed by atoms with Gasteiger partial charge in [-0.2, -0.15) is 8.78 Å². The molecule has 0 radical (unpaired) electrons. The Labute approximate surface area is 114 Å². The van der Waals surface area contributed by atoms with Crippen LogP contribution in [-0.4, -0.2) is 21.8 Å². The van der Waals surface area contributed by atoms with Crippen LogP contribution in [0.15, 0.2) is 30.3 Å². The molecule has 0 saturated heterocycles. The van der Waals surface area contributed by atoms with Gasteiger partial charge in [0.2, 0.25) is 0 Å². The van der Waals surface area contributed by atoms with E-state index in [1.807, 2.05) is 0 Å². The first-order valence-electron chi connectivity index (χ1n) is 5.87. The second kappa shape index (κ2) is 5.83. The minimum atomic E-state index is -2.95. The zero-order chi connectivity index (χ0) is 14.7. The molecule has 0 atom stereocenters. The van der Waals surface area contributed by atoms with Gasteiger partial charge in [0.25, 0.3) is 0 Å². The van der Waals surface area contributed by atoms with Crippen LogP contribution in [0.2, 0.25) is 0 Å². The summed E-state index contributed by atoms with van der Waals surface area (Å²) in [7, 11) is 0. The average Bonchev–Trinajstić information content (AvgIpc) is 2.38. The molecule has 1 aromatic heterocycles. The highest BCUT2D eigenvalue weighted by Crippen LogP contribution is 2.33. The summed E-state index contributed by atoms with van der Waals surface area (Å²) >= 11 is 0. The Bertz CT molecular complexity index is 617. The Morgan fingerprint density at radius 2 is 2.00 bits per heavy atom. The van der Waals surface area contributed by atoms with E-state index in [-0.39, 0.29) is 18.1 Å². The number of alkyl halides is 2. The number of halogens is 2. The number of phenols is 1. The molecule has 1 aromatic carbocycles. The highest BCUT2D eigenvalue weighted by Gasteiger charge is 2.13. The summed E-state index contributed by atoms with van der Waals surface area (Å²) in [5, 5.41) is 19.2. The summed E-state index contributed by atoms with van der Waals surface area (Å²) in [4.78, 5) is 4.26. The van der Waals surface area contributed by atoms with Crippen molar-refractivity contribution < 1.29 is 23.7 Å². The normalized spacial score (nSPS) is 10.8. The number of aryl methyl sites for hydroxylation is 1. The third-order valence-corrected chi connectivity index (χ3v) is 2.74. The molecule has 0 aliphatic heterocycles. The number of nitrogens with zero attached hydrogens (tertiary/aromatic N) is 1. The molecular formula is C14H13F2NO3. The van der Waals surface area contributed by atoms with Gasteiger partial charge in [-0.3, -0.25) is 4.98 Å². The number of ether oxygens (including phenoxy) is 1. The monoisotopic (exact) mass is 281 g/mol. The highest BCUT2D eigenvalue weighted by molar-refractivity contribution is 5.70. The van der Waals surface area contributed by atoms with Crippen molar-refractivity contribution in [2.75, 3.05) is 0 Å². The molecule has 0 unspecified atom stereocenters. The Hall–Kier alpha value is -2.21. The van der Waals surface area contributed by atoms with Crippen LogP contribution in [0.4, 0.5) is 8.78 Å². The number of aromatic nitrogens is 1. The summed E-state index contributed by atoms with van der Waals surface area (Å²) in [6, 6.07) is 7.26. The number of hydrogen-bond acceptors (Lipinski definition) is 4. The molecule has 4 nitrogen and oxygen atoms in total. The number of aliphatic hydroxyl groups excluding tert-OH is 1. The van der Waals surface area contributed by atoms with E-state index >= 15 is 0 Å². The van der Waals surface area contributed by atoms with Gasteiger partial charge in [-0.25, -0.2) is 0 Å². The molecule has 0 amide bonds. The smallest absolute Gasteiger partial charge is 0.387 e. The van der Waals surface area contributed by atoms with E-state index in [2.05, 4.69) is 9.72 Å². The van der Waals surface area contributed by atoms with Crippen molar-refractivity contribution in [3.05, 3.63) is 41.6 Å². The summed E-state index contributed by atoms with van der Waals surface area (Å²) in [6.45, 7) is -1.42. The van der Waals surface area contributed by atoms with Crippen LogP contribution in [0.25, 0.3) is 11.3 Å². The summed E-state index contributed by atoms with van der Waals surface area (Å²) in [6.07, 6.45) is 0. The molecule has 0 aliphatic carbocycles. The Morgan fingerprint density at radius 3 is 2.60 bits per heavy atom. The molecule has 0 bridgehead atoms. The van der Waals surface area contributed by atoms with Crippen LogP contribution in [0.1, 0.15) is 11.3 Å². The van der Waals surface area contributed by atoms with Gasteiger partial charge in [-0.05, 0) is 25.1 Å².